The fourth-order valence-corrected chi connectivity index (χ4v) is 4.78. The summed E-state index contributed by atoms with van der Waals surface area (Å²) in [7, 11) is -3.70. The van der Waals surface area contributed by atoms with Gasteiger partial charge in [-0.3, -0.25) is 4.79 Å². The lowest BCUT2D eigenvalue weighted by atomic mass is 10.2. The third kappa shape index (κ3) is 4.08. The average Bonchev–Trinajstić information content (AvgIpc) is 3.01. The van der Waals surface area contributed by atoms with E-state index in [2.05, 4.69) is 11.6 Å². The van der Waals surface area contributed by atoms with E-state index in [1.165, 1.54) is 13.2 Å². The smallest absolute Gasteiger partial charge is 0.241 e. The molecule has 0 spiro atoms. The predicted molar refractivity (Wildman–Crippen MR) is 97.1 cm³/mol. The number of hydrogen-bond acceptors (Lipinski definition) is 5. The Balaban J connectivity index is 1.91. The summed E-state index contributed by atoms with van der Waals surface area (Å²) in [5.74, 6) is 0.446. The number of thioether (sulfide) groups is 1. The van der Waals surface area contributed by atoms with Gasteiger partial charge in [-0.15, -0.1) is 11.8 Å². The molecule has 25 heavy (non-hydrogen) atoms. The first-order valence-electron chi connectivity index (χ1n) is 7.97. The molecule has 1 aromatic carbocycles. The van der Waals surface area contributed by atoms with Crippen molar-refractivity contribution in [2.45, 2.75) is 41.9 Å². The van der Waals surface area contributed by atoms with Gasteiger partial charge in [0.05, 0.1) is 23.4 Å². The number of hydrogen-bond donors (Lipinski definition) is 1. The fraction of sp³-hybridized carbons (Fsp3) is 0.353. The number of rotatable bonds is 4. The highest BCUT2D eigenvalue weighted by Gasteiger charge is 2.25. The summed E-state index contributed by atoms with van der Waals surface area (Å²) in [5.41, 5.74) is 0.655. The maximum Gasteiger partial charge on any atom is 0.241 e. The van der Waals surface area contributed by atoms with Gasteiger partial charge < -0.3 is 9.32 Å². The summed E-state index contributed by atoms with van der Waals surface area (Å²) >= 11 is 1.66. The molecule has 2 aromatic rings. The number of furan rings is 1. The maximum atomic E-state index is 12.6. The van der Waals surface area contributed by atoms with Crippen LogP contribution in [-0.2, 0) is 21.4 Å². The fourth-order valence-electron chi connectivity index (χ4n) is 2.67. The van der Waals surface area contributed by atoms with Crippen LogP contribution in [0.4, 0.5) is 5.69 Å². The van der Waals surface area contributed by atoms with E-state index < -0.39 is 10.0 Å². The predicted octanol–water partition coefficient (Wildman–Crippen LogP) is 3.00. The second-order valence-corrected chi connectivity index (χ2v) is 9.17. The SMILES string of the molecule is CC(=O)N1CC[C@@H](C)Sc2ccc(S(=O)(=O)NCc3ccco3)cc21. The van der Waals surface area contributed by atoms with Gasteiger partial charge in [0.15, 0.2) is 0 Å². The van der Waals surface area contributed by atoms with E-state index in [4.69, 9.17) is 4.42 Å². The van der Waals surface area contributed by atoms with Crippen molar-refractivity contribution in [1.29, 1.82) is 0 Å². The molecule has 0 fully saturated rings. The number of nitrogens with one attached hydrogen (secondary N) is 1. The molecular weight excluding hydrogens is 360 g/mol. The van der Waals surface area contributed by atoms with E-state index in [-0.39, 0.29) is 17.3 Å². The number of nitrogens with zero attached hydrogens (tertiary/aromatic N) is 1. The number of carbonyl (C=O) groups is 1. The molecule has 1 atom stereocenters. The molecule has 0 aliphatic carbocycles. The summed E-state index contributed by atoms with van der Waals surface area (Å²) < 4.78 is 32.8. The van der Waals surface area contributed by atoms with Crippen LogP contribution in [0.5, 0.6) is 0 Å². The molecule has 134 valence electrons. The van der Waals surface area contributed by atoms with Gasteiger partial charge in [-0.25, -0.2) is 13.1 Å². The van der Waals surface area contributed by atoms with Crippen LogP contribution in [0.2, 0.25) is 0 Å². The van der Waals surface area contributed by atoms with Gasteiger partial charge >= 0.3 is 0 Å². The zero-order chi connectivity index (χ0) is 18.0. The molecular formula is C17H20N2O4S2. The molecule has 3 rings (SSSR count). The van der Waals surface area contributed by atoms with Gasteiger partial charge in [0.2, 0.25) is 15.9 Å². The highest BCUT2D eigenvalue weighted by Crippen LogP contribution is 2.38. The molecule has 1 aliphatic rings. The normalized spacial score (nSPS) is 17.8. The number of amides is 1. The third-order valence-corrected chi connectivity index (χ3v) is 6.65. The van der Waals surface area contributed by atoms with E-state index in [1.54, 1.807) is 47.0 Å². The zero-order valence-corrected chi connectivity index (χ0v) is 15.7. The summed E-state index contributed by atoms with van der Waals surface area (Å²) in [6, 6.07) is 8.34. The first-order valence-corrected chi connectivity index (χ1v) is 10.3. The first-order chi connectivity index (χ1) is 11.9. The topological polar surface area (TPSA) is 79.6 Å². The maximum absolute atomic E-state index is 12.6. The van der Waals surface area contributed by atoms with Gasteiger partial charge in [0, 0.05) is 23.6 Å². The Labute approximate surface area is 151 Å². The van der Waals surface area contributed by atoms with Crippen LogP contribution in [0.25, 0.3) is 0 Å². The van der Waals surface area contributed by atoms with Crippen LogP contribution in [0.1, 0.15) is 26.0 Å². The summed E-state index contributed by atoms with van der Waals surface area (Å²) in [4.78, 5) is 14.7. The molecule has 0 saturated heterocycles. The molecule has 1 aliphatic heterocycles. The van der Waals surface area contributed by atoms with Gasteiger partial charge in [-0.1, -0.05) is 6.92 Å². The van der Waals surface area contributed by atoms with Crippen LogP contribution in [0.15, 0.2) is 50.8 Å². The molecule has 1 aromatic heterocycles. The van der Waals surface area contributed by atoms with E-state index in [0.29, 0.717) is 23.2 Å². The standard InChI is InChI=1S/C17H20N2O4S2/c1-12-7-8-19(13(2)20)16-10-15(5-6-17(16)24-12)25(21,22)18-11-14-4-3-9-23-14/h3-6,9-10,12,18H,7-8,11H2,1-2H3/t12-/m1/s1. The Morgan fingerprint density at radius 1 is 1.40 bits per heavy atom. The molecule has 0 bridgehead atoms. The van der Waals surface area contributed by atoms with Crippen molar-refractivity contribution >= 4 is 33.4 Å². The first kappa shape index (κ1) is 18.0. The molecule has 0 radical (unpaired) electrons. The van der Waals surface area contributed by atoms with Crippen LogP contribution < -0.4 is 9.62 Å². The Morgan fingerprint density at radius 2 is 2.20 bits per heavy atom. The van der Waals surface area contributed by atoms with Crippen LogP contribution in [0.3, 0.4) is 0 Å². The lowest BCUT2D eigenvalue weighted by Gasteiger charge is -2.21. The van der Waals surface area contributed by atoms with Gasteiger partial charge in [-0.2, -0.15) is 0 Å². The molecule has 1 N–H and O–H groups in total. The average molecular weight is 380 g/mol. The van der Waals surface area contributed by atoms with Crippen LogP contribution in [0, 0.1) is 0 Å². The quantitative estimate of drug-likeness (QED) is 0.882. The molecule has 8 heteroatoms. The van der Waals surface area contributed by atoms with Crippen LogP contribution in [-0.4, -0.2) is 26.1 Å². The Bertz CT molecular complexity index is 863. The highest BCUT2D eigenvalue weighted by molar-refractivity contribution is 8.00. The molecule has 1 amide bonds. The van der Waals surface area contributed by atoms with Crippen molar-refractivity contribution in [1.82, 2.24) is 4.72 Å². The number of fused-ring (bicyclic) bond motifs is 1. The van der Waals surface area contributed by atoms with Gasteiger partial charge in [0.25, 0.3) is 0 Å². The number of benzene rings is 1. The van der Waals surface area contributed by atoms with E-state index in [1.807, 2.05) is 0 Å². The van der Waals surface area contributed by atoms with Crippen molar-refractivity contribution in [2.75, 3.05) is 11.4 Å². The zero-order valence-electron chi connectivity index (χ0n) is 14.1. The van der Waals surface area contributed by atoms with Gasteiger partial charge in [0.1, 0.15) is 5.76 Å². The largest absolute Gasteiger partial charge is 0.468 e. The van der Waals surface area contributed by atoms with Crippen LogP contribution >= 0.6 is 11.8 Å². The third-order valence-electron chi connectivity index (χ3n) is 4.02. The van der Waals surface area contributed by atoms with E-state index >= 15 is 0 Å². The Kier molecular flexibility index (Phi) is 5.21. The van der Waals surface area contributed by atoms with E-state index in [9.17, 15) is 13.2 Å². The van der Waals surface area contributed by atoms with Crippen molar-refractivity contribution < 1.29 is 17.6 Å². The lowest BCUT2D eigenvalue weighted by Crippen LogP contribution is -2.30. The highest BCUT2D eigenvalue weighted by atomic mass is 32.2. The summed E-state index contributed by atoms with van der Waals surface area (Å²) in [6.07, 6.45) is 2.35. The minimum Gasteiger partial charge on any atom is -0.468 e. The van der Waals surface area contributed by atoms with Gasteiger partial charge in [-0.05, 0) is 36.8 Å². The number of carbonyl (C=O) groups excluding carboxylic acids is 1. The molecule has 0 unspecified atom stereocenters. The van der Waals surface area contributed by atoms with Crippen molar-refractivity contribution in [3.63, 3.8) is 0 Å². The minimum atomic E-state index is -3.70. The monoisotopic (exact) mass is 380 g/mol. The van der Waals surface area contributed by atoms with E-state index in [0.717, 1.165) is 11.3 Å². The molecule has 6 nitrogen and oxygen atoms in total. The summed E-state index contributed by atoms with van der Waals surface area (Å²) in [6.45, 7) is 4.27. The second kappa shape index (κ2) is 7.23. The Morgan fingerprint density at radius 3 is 2.88 bits per heavy atom. The minimum absolute atomic E-state index is 0.0780. The lowest BCUT2D eigenvalue weighted by molar-refractivity contribution is -0.116. The van der Waals surface area contributed by atoms with Crippen molar-refractivity contribution in [2.24, 2.45) is 0 Å². The van der Waals surface area contributed by atoms with Crippen molar-refractivity contribution in [3.8, 4) is 0 Å². The molecule has 2 heterocycles. The summed E-state index contributed by atoms with van der Waals surface area (Å²) in [5, 5.41) is 0.364. The number of sulfonamides is 1. The second-order valence-electron chi connectivity index (χ2n) is 5.92. The number of anilines is 1. The van der Waals surface area contributed by atoms with Crippen molar-refractivity contribution in [3.05, 3.63) is 42.4 Å². The molecule has 0 saturated carbocycles. The Hall–Kier alpha value is -1.77.